The number of ketones is 1. The predicted octanol–water partition coefficient (Wildman–Crippen LogP) is 2.22. The quantitative estimate of drug-likeness (QED) is 0.684. The largest absolute Gasteiger partial charge is 0.292 e. The zero-order chi connectivity index (χ0) is 11.9. The van der Waals surface area contributed by atoms with Crippen molar-refractivity contribution < 1.29 is 13.2 Å². The van der Waals surface area contributed by atoms with Crippen molar-refractivity contribution in [2.24, 2.45) is 0 Å². The van der Waals surface area contributed by atoms with Crippen LogP contribution in [0.15, 0.2) is 29.2 Å². The van der Waals surface area contributed by atoms with Crippen LogP contribution >= 0.6 is 23.2 Å². The lowest BCUT2D eigenvalue weighted by atomic mass is 10.1. The van der Waals surface area contributed by atoms with Gasteiger partial charge in [0.25, 0.3) is 0 Å². The number of fused-ring (bicyclic) bond motifs is 1. The number of Topliss-reactive ketones (excluding diaryl/α,β-unsaturated/α-hetero) is 1. The van der Waals surface area contributed by atoms with Gasteiger partial charge in [-0.3, -0.25) is 4.79 Å². The number of alkyl halides is 2. The van der Waals surface area contributed by atoms with Gasteiger partial charge in [0.2, 0.25) is 0 Å². The van der Waals surface area contributed by atoms with Crippen molar-refractivity contribution in [2.75, 3.05) is 0 Å². The summed E-state index contributed by atoms with van der Waals surface area (Å²) in [5.41, 5.74) is 0.130. The number of rotatable bonds is 0. The summed E-state index contributed by atoms with van der Waals surface area (Å²) in [6.07, 6.45) is -0.0705. The fourth-order valence-corrected chi connectivity index (χ4v) is 4.04. The zero-order valence-corrected chi connectivity index (χ0v) is 10.4. The molecular formula is C10H8Cl2O3S. The van der Waals surface area contributed by atoms with Gasteiger partial charge in [-0.15, -0.1) is 23.2 Å². The van der Waals surface area contributed by atoms with Crippen molar-refractivity contribution in [2.45, 2.75) is 21.4 Å². The lowest BCUT2D eigenvalue weighted by Gasteiger charge is -2.07. The number of carbonyl (C=O) groups is 1. The molecular weight excluding hydrogens is 271 g/mol. The van der Waals surface area contributed by atoms with Crippen LogP contribution in [0.2, 0.25) is 0 Å². The molecule has 1 heterocycles. The molecule has 0 saturated carbocycles. The molecule has 3 nitrogen and oxygen atoms in total. The van der Waals surface area contributed by atoms with Crippen LogP contribution in [-0.4, -0.2) is 24.3 Å². The maximum atomic E-state index is 12.0. The second-order valence-corrected chi connectivity index (χ2v) is 6.93. The van der Waals surface area contributed by atoms with E-state index in [0.29, 0.717) is 0 Å². The van der Waals surface area contributed by atoms with Crippen LogP contribution in [0, 0.1) is 0 Å². The number of halogens is 2. The lowest BCUT2D eigenvalue weighted by Crippen LogP contribution is -2.18. The highest BCUT2D eigenvalue weighted by Gasteiger charge is 2.37. The molecule has 0 N–H and O–H groups in total. The van der Waals surface area contributed by atoms with Gasteiger partial charge in [0, 0.05) is 12.0 Å². The summed E-state index contributed by atoms with van der Waals surface area (Å²) in [6.45, 7) is 0. The molecule has 2 rings (SSSR count). The Morgan fingerprint density at radius 3 is 2.50 bits per heavy atom. The predicted molar refractivity (Wildman–Crippen MR) is 61.9 cm³/mol. The maximum absolute atomic E-state index is 12.0. The number of benzene rings is 1. The first-order valence-corrected chi connectivity index (χ1v) is 7.02. The normalized spacial score (nSPS) is 28.2. The van der Waals surface area contributed by atoms with Crippen LogP contribution < -0.4 is 0 Å². The minimum atomic E-state index is -3.66. The average molecular weight is 279 g/mol. The van der Waals surface area contributed by atoms with Crippen LogP contribution in [0.4, 0.5) is 0 Å². The average Bonchev–Trinajstić information content (AvgIpc) is 2.32. The summed E-state index contributed by atoms with van der Waals surface area (Å²) in [6, 6.07) is 6.00. The summed E-state index contributed by atoms with van der Waals surface area (Å²) in [5, 5.41) is -0.888. The van der Waals surface area contributed by atoms with Crippen LogP contribution in [0.3, 0.4) is 0 Å². The molecule has 0 radical (unpaired) electrons. The number of hydrogen-bond donors (Lipinski definition) is 0. The Labute approximate surface area is 103 Å². The number of carbonyl (C=O) groups excluding carboxylic acids is 1. The van der Waals surface area contributed by atoms with Crippen LogP contribution in [0.5, 0.6) is 0 Å². The van der Waals surface area contributed by atoms with E-state index < -0.39 is 19.9 Å². The van der Waals surface area contributed by atoms with E-state index in [1.54, 1.807) is 12.1 Å². The van der Waals surface area contributed by atoms with Crippen LogP contribution in [-0.2, 0) is 9.84 Å². The van der Waals surface area contributed by atoms with Gasteiger partial charge in [-0.2, -0.15) is 0 Å². The Balaban J connectivity index is 2.74. The Morgan fingerprint density at radius 2 is 1.81 bits per heavy atom. The monoisotopic (exact) mass is 278 g/mol. The van der Waals surface area contributed by atoms with Crippen LogP contribution in [0.1, 0.15) is 16.8 Å². The van der Waals surface area contributed by atoms with E-state index in [1.807, 2.05) is 0 Å². The number of hydrogen-bond acceptors (Lipinski definition) is 3. The molecule has 0 aromatic heterocycles. The van der Waals surface area contributed by atoms with Crippen molar-refractivity contribution >= 4 is 38.8 Å². The first-order chi connectivity index (χ1) is 7.44. The Hall–Kier alpha value is -0.580. The van der Waals surface area contributed by atoms with Crippen LogP contribution in [0.25, 0.3) is 0 Å². The van der Waals surface area contributed by atoms with Crippen molar-refractivity contribution in [3.8, 4) is 0 Å². The Bertz CT molecular complexity index is 539. The standard InChI is InChI=1S/C10H8Cl2O3S/c11-7-5-9(12)16(14,15)8-4-2-1-3-6(8)10(7)13/h1-4,7,9H,5H2. The Kier molecular flexibility index (Phi) is 2.99. The highest BCUT2D eigenvalue weighted by atomic mass is 35.5. The molecule has 0 aliphatic carbocycles. The van der Waals surface area contributed by atoms with Gasteiger partial charge in [-0.25, -0.2) is 8.42 Å². The molecule has 1 aromatic rings. The maximum Gasteiger partial charge on any atom is 0.195 e. The summed E-state index contributed by atoms with van der Waals surface area (Å²) < 4.78 is 22.8. The SMILES string of the molecule is O=C1c2ccccc2S(=O)(=O)C(Cl)CC1Cl. The second-order valence-electron chi connectivity index (χ2n) is 3.52. The minimum absolute atomic E-state index is 0.0249. The topological polar surface area (TPSA) is 51.2 Å². The summed E-state index contributed by atoms with van der Waals surface area (Å²) in [7, 11) is -3.66. The van der Waals surface area contributed by atoms with E-state index in [4.69, 9.17) is 23.2 Å². The second kappa shape index (κ2) is 4.02. The highest BCUT2D eigenvalue weighted by molar-refractivity contribution is 7.93. The number of sulfone groups is 1. The molecule has 86 valence electrons. The summed E-state index contributed by atoms with van der Waals surface area (Å²) in [4.78, 5) is 11.8. The van der Waals surface area contributed by atoms with Gasteiger partial charge in [0.15, 0.2) is 15.6 Å². The first kappa shape index (κ1) is 11.9. The molecule has 6 heteroatoms. The molecule has 0 bridgehead atoms. The van der Waals surface area contributed by atoms with E-state index >= 15 is 0 Å². The molecule has 0 spiro atoms. The highest BCUT2D eigenvalue weighted by Crippen LogP contribution is 2.32. The molecule has 0 fully saturated rings. The molecule has 1 aromatic carbocycles. The molecule has 1 aliphatic heterocycles. The van der Waals surface area contributed by atoms with E-state index in [-0.39, 0.29) is 22.7 Å². The van der Waals surface area contributed by atoms with E-state index in [1.165, 1.54) is 12.1 Å². The smallest absolute Gasteiger partial charge is 0.195 e. The van der Waals surface area contributed by atoms with E-state index in [2.05, 4.69) is 0 Å². The van der Waals surface area contributed by atoms with Gasteiger partial charge in [0.1, 0.15) is 4.71 Å². The first-order valence-electron chi connectivity index (χ1n) is 4.60. The van der Waals surface area contributed by atoms with Gasteiger partial charge in [0.05, 0.1) is 10.3 Å². The molecule has 2 atom stereocenters. The molecule has 0 saturated heterocycles. The molecule has 2 unspecified atom stereocenters. The van der Waals surface area contributed by atoms with Gasteiger partial charge in [-0.1, -0.05) is 18.2 Å². The third kappa shape index (κ3) is 1.75. The fraction of sp³-hybridized carbons (Fsp3) is 0.300. The molecule has 16 heavy (non-hydrogen) atoms. The third-order valence-electron chi connectivity index (χ3n) is 2.47. The third-order valence-corrected chi connectivity index (χ3v) is 5.57. The molecule has 1 aliphatic rings. The van der Waals surface area contributed by atoms with Crippen molar-refractivity contribution in [1.29, 1.82) is 0 Å². The van der Waals surface area contributed by atoms with E-state index in [9.17, 15) is 13.2 Å². The minimum Gasteiger partial charge on any atom is -0.292 e. The summed E-state index contributed by atoms with van der Waals surface area (Å²) in [5.74, 6) is -0.385. The van der Waals surface area contributed by atoms with E-state index in [0.717, 1.165) is 0 Å². The van der Waals surface area contributed by atoms with Crippen molar-refractivity contribution in [3.05, 3.63) is 29.8 Å². The fourth-order valence-electron chi connectivity index (χ4n) is 1.62. The molecule has 0 amide bonds. The van der Waals surface area contributed by atoms with Gasteiger partial charge >= 0.3 is 0 Å². The van der Waals surface area contributed by atoms with Gasteiger partial charge < -0.3 is 0 Å². The zero-order valence-electron chi connectivity index (χ0n) is 8.06. The summed E-state index contributed by atoms with van der Waals surface area (Å²) >= 11 is 11.6. The lowest BCUT2D eigenvalue weighted by molar-refractivity contribution is 0.0983. The van der Waals surface area contributed by atoms with Gasteiger partial charge in [-0.05, 0) is 6.07 Å². The Morgan fingerprint density at radius 1 is 1.19 bits per heavy atom. The van der Waals surface area contributed by atoms with Crippen molar-refractivity contribution in [1.82, 2.24) is 0 Å². The van der Waals surface area contributed by atoms with Crippen molar-refractivity contribution in [3.63, 3.8) is 0 Å².